The van der Waals surface area contributed by atoms with Crippen LogP contribution in [0.4, 0.5) is 0 Å². The third-order valence-electron chi connectivity index (χ3n) is 4.69. The zero-order valence-corrected chi connectivity index (χ0v) is 15.1. The monoisotopic (exact) mass is 368 g/mol. The van der Waals surface area contributed by atoms with Crippen LogP contribution in [0.25, 0.3) is 0 Å². The molecule has 3 heterocycles. The molecule has 2 aromatic rings. The fourth-order valence-corrected chi connectivity index (χ4v) is 3.28. The van der Waals surface area contributed by atoms with E-state index in [1.807, 2.05) is 30.3 Å². The summed E-state index contributed by atoms with van der Waals surface area (Å²) in [6, 6.07) is 11.9. The van der Waals surface area contributed by atoms with Crippen LogP contribution in [0, 0.1) is 0 Å². The molecule has 0 radical (unpaired) electrons. The molecule has 0 saturated carbocycles. The van der Waals surface area contributed by atoms with Crippen molar-refractivity contribution in [2.24, 2.45) is 10.7 Å². The Balaban J connectivity index is 1.37. The first kappa shape index (κ1) is 17.6. The fourth-order valence-electron chi connectivity index (χ4n) is 3.28. The summed E-state index contributed by atoms with van der Waals surface area (Å²) in [6.45, 7) is 2.49. The maximum Gasteiger partial charge on any atom is 0.213 e. The standard InChI is InChI=1S/C20H24N4O3/c21-20(24-17-7-10-26-18-4-2-1-3-16(17)18)23-12-14-5-8-22-19(11-14)27-15-6-9-25-13-15/h1-5,8,11,15,17H,6-7,9-10,12-13H2,(H3,21,23,24). The van der Waals surface area contributed by atoms with E-state index in [9.17, 15) is 0 Å². The van der Waals surface area contributed by atoms with Crippen LogP contribution in [-0.2, 0) is 11.3 Å². The van der Waals surface area contributed by atoms with Gasteiger partial charge in [-0.15, -0.1) is 0 Å². The van der Waals surface area contributed by atoms with Crippen LogP contribution in [0.2, 0.25) is 0 Å². The summed E-state index contributed by atoms with van der Waals surface area (Å²) >= 11 is 0. The molecule has 1 aromatic carbocycles. The smallest absolute Gasteiger partial charge is 0.213 e. The van der Waals surface area contributed by atoms with E-state index in [1.165, 1.54) is 0 Å². The number of para-hydroxylation sites is 1. The number of guanidine groups is 1. The molecule has 7 nitrogen and oxygen atoms in total. The van der Waals surface area contributed by atoms with Crippen molar-refractivity contribution in [3.8, 4) is 11.6 Å². The van der Waals surface area contributed by atoms with E-state index in [2.05, 4.69) is 21.4 Å². The molecular formula is C20H24N4O3. The number of ether oxygens (including phenoxy) is 3. The summed E-state index contributed by atoms with van der Waals surface area (Å²) in [5.41, 5.74) is 8.22. The number of hydrogen-bond donors (Lipinski definition) is 2. The Morgan fingerprint density at radius 3 is 3.07 bits per heavy atom. The van der Waals surface area contributed by atoms with Crippen LogP contribution in [0.15, 0.2) is 47.6 Å². The third kappa shape index (κ3) is 4.49. The third-order valence-corrected chi connectivity index (χ3v) is 4.69. The maximum atomic E-state index is 6.11. The predicted molar refractivity (Wildman–Crippen MR) is 102 cm³/mol. The summed E-state index contributed by atoms with van der Waals surface area (Å²) in [5, 5.41) is 3.30. The lowest BCUT2D eigenvalue weighted by atomic mass is 10.0. The number of rotatable bonds is 5. The van der Waals surface area contributed by atoms with Crippen LogP contribution >= 0.6 is 0 Å². The second-order valence-electron chi connectivity index (χ2n) is 6.68. The van der Waals surface area contributed by atoms with Crippen molar-refractivity contribution in [2.75, 3.05) is 19.8 Å². The van der Waals surface area contributed by atoms with Crippen LogP contribution in [0.3, 0.4) is 0 Å². The van der Waals surface area contributed by atoms with E-state index in [1.54, 1.807) is 6.20 Å². The SMILES string of the molecule is NC(=NCc1ccnc(OC2CCOC2)c1)NC1CCOc2ccccc21. The molecule has 1 saturated heterocycles. The van der Waals surface area contributed by atoms with Crippen LogP contribution in [0.1, 0.15) is 30.0 Å². The molecule has 142 valence electrons. The van der Waals surface area contributed by atoms with Crippen molar-refractivity contribution in [1.82, 2.24) is 10.3 Å². The summed E-state index contributed by atoms with van der Waals surface area (Å²) in [5.74, 6) is 1.92. The van der Waals surface area contributed by atoms with Crippen LogP contribution in [-0.4, -0.2) is 36.9 Å². The van der Waals surface area contributed by atoms with Crippen molar-refractivity contribution in [1.29, 1.82) is 0 Å². The Labute approximate surface area is 158 Å². The highest BCUT2D eigenvalue weighted by molar-refractivity contribution is 5.78. The Kier molecular flexibility index (Phi) is 5.39. The molecule has 1 aromatic heterocycles. The molecule has 27 heavy (non-hydrogen) atoms. The van der Waals surface area contributed by atoms with Gasteiger partial charge in [0.25, 0.3) is 0 Å². The number of fused-ring (bicyclic) bond motifs is 1. The van der Waals surface area contributed by atoms with Gasteiger partial charge in [-0.1, -0.05) is 18.2 Å². The van der Waals surface area contributed by atoms with Gasteiger partial charge in [-0.25, -0.2) is 9.98 Å². The molecule has 7 heteroatoms. The number of pyridine rings is 1. The molecule has 0 bridgehead atoms. The molecule has 3 N–H and O–H groups in total. The Morgan fingerprint density at radius 1 is 1.26 bits per heavy atom. The second kappa shape index (κ2) is 8.26. The summed E-state index contributed by atoms with van der Waals surface area (Å²) in [6.07, 6.45) is 3.56. The largest absolute Gasteiger partial charge is 0.493 e. The van der Waals surface area contributed by atoms with Gasteiger partial charge in [0.15, 0.2) is 5.96 Å². The average Bonchev–Trinajstić information content (AvgIpc) is 3.20. The van der Waals surface area contributed by atoms with Crippen molar-refractivity contribution >= 4 is 5.96 Å². The number of benzene rings is 1. The minimum absolute atomic E-state index is 0.0802. The normalized spacial score (nSPS) is 22.0. The molecule has 0 aliphatic carbocycles. The number of nitrogens with two attached hydrogens (primary N) is 1. The van der Waals surface area contributed by atoms with Crippen molar-refractivity contribution < 1.29 is 14.2 Å². The zero-order valence-electron chi connectivity index (χ0n) is 15.1. The van der Waals surface area contributed by atoms with Gasteiger partial charge >= 0.3 is 0 Å². The molecule has 0 spiro atoms. The van der Waals surface area contributed by atoms with Gasteiger partial charge in [0, 0.05) is 30.7 Å². The zero-order chi connectivity index (χ0) is 18.5. The van der Waals surface area contributed by atoms with Crippen molar-refractivity contribution in [3.05, 3.63) is 53.7 Å². The first-order valence-corrected chi connectivity index (χ1v) is 9.25. The highest BCUT2D eigenvalue weighted by atomic mass is 16.5. The van der Waals surface area contributed by atoms with Crippen LogP contribution < -0.4 is 20.5 Å². The van der Waals surface area contributed by atoms with Gasteiger partial charge < -0.3 is 25.3 Å². The van der Waals surface area contributed by atoms with Gasteiger partial charge in [-0.05, 0) is 17.7 Å². The number of nitrogens with zero attached hydrogens (tertiary/aromatic N) is 2. The highest BCUT2D eigenvalue weighted by Gasteiger charge is 2.21. The van der Waals surface area contributed by atoms with E-state index in [0.717, 1.165) is 36.3 Å². The fraction of sp³-hybridized carbons (Fsp3) is 0.400. The lowest BCUT2D eigenvalue weighted by Gasteiger charge is -2.26. The Bertz CT molecular complexity index is 805. The van der Waals surface area contributed by atoms with Crippen LogP contribution in [0.5, 0.6) is 11.6 Å². The van der Waals surface area contributed by atoms with Crippen molar-refractivity contribution in [3.63, 3.8) is 0 Å². The van der Waals surface area contributed by atoms with E-state index in [-0.39, 0.29) is 12.1 Å². The van der Waals surface area contributed by atoms with Gasteiger partial charge in [-0.2, -0.15) is 0 Å². The molecule has 2 aliphatic heterocycles. The van der Waals surface area contributed by atoms with Gasteiger partial charge in [0.2, 0.25) is 5.88 Å². The van der Waals surface area contributed by atoms with Crippen molar-refractivity contribution in [2.45, 2.75) is 31.5 Å². The first-order valence-electron chi connectivity index (χ1n) is 9.25. The maximum absolute atomic E-state index is 6.11. The summed E-state index contributed by atoms with van der Waals surface area (Å²) in [7, 11) is 0. The minimum atomic E-state index is 0.0802. The highest BCUT2D eigenvalue weighted by Crippen LogP contribution is 2.31. The van der Waals surface area contributed by atoms with E-state index >= 15 is 0 Å². The topological polar surface area (TPSA) is 91.0 Å². The number of aliphatic imine (C=N–C) groups is 1. The molecule has 1 fully saturated rings. The van der Waals surface area contributed by atoms with Gasteiger partial charge in [0.05, 0.1) is 32.4 Å². The minimum Gasteiger partial charge on any atom is -0.493 e. The summed E-state index contributed by atoms with van der Waals surface area (Å²) < 4.78 is 16.8. The van der Waals surface area contributed by atoms with Gasteiger partial charge in [0.1, 0.15) is 11.9 Å². The molecule has 0 amide bonds. The second-order valence-corrected chi connectivity index (χ2v) is 6.68. The Morgan fingerprint density at radius 2 is 2.19 bits per heavy atom. The lowest BCUT2D eigenvalue weighted by Crippen LogP contribution is -2.37. The lowest BCUT2D eigenvalue weighted by molar-refractivity contribution is 0.138. The molecule has 4 rings (SSSR count). The number of hydrogen-bond acceptors (Lipinski definition) is 5. The molecule has 2 unspecified atom stereocenters. The first-order chi connectivity index (χ1) is 13.3. The van der Waals surface area contributed by atoms with Gasteiger partial charge in [-0.3, -0.25) is 0 Å². The predicted octanol–water partition coefficient (Wildman–Crippen LogP) is 2.18. The molecule has 2 aliphatic rings. The van der Waals surface area contributed by atoms with E-state index in [0.29, 0.717) is 31.6 Å². The Hall–Kier alpha value is -2.80. The average molecular weight is 368 g/mol. The van der Waals surface area contributed by atoms with E-state index in [4.69, 9.17) is 19.9 Å². The quantitative estimate of drug-likeness (QED) is 0.621. The number of nitrogens with one attached hydrogen (secondary N) is 1. The molecular weight excluding hydrogens is 344 g/mol. The summed E-state index contributed by atoms with van der Waals surface area (Å²) in [4.78, 5) is 8.73. The molecule has 2 atom stereocenters. The van der Waals surface area contributed by atoms with E-state index < -0.39 is 0 Å². The number of aromatic nitrogens is 1.